The molecule has 192 valence electrons. The SMILES string of the molecule is C=CCN1CCC(C(=O)N2CCN(CC(O)Cn3c4ccc(Br)cc4c4cc(Br)ccc43)CC2)CC1. The normalized spacial score (nSPS) is 19.2. The van der Waals surface area contributed by atoms with Crippen LogP contribution >= 0.6 is 31.9 Å². The summed E-state index contributed by atoms with van der Waals surface area (Å²) in [6.07, 6.45) is 3.33. The summed E-state index contributed by atoms with van der Waals surface area (Å²) in [7, 11) is 0. The third-order valence-corrected chi connectivity index (χ3v) is 8.65. The number of piperazine rings is 1. The van der Waals surface area contributed by atoms with E-state index in [-0.39, 0.29) is 5.92 Å². The number of aromatic nitrogens is 1. The number of carbonyl (C=O) groups is 1. The minimum absolute atomic E-state index is 0.151. The number of benzene rings is 2. The van der Waals surface area contributed by atoms with Gasteiger partial charge in [-0.3, -0.25) is 14.6 Å². The number of rotatable bonds is 7. The third-order valence-electron chi connectivity index (χ3n) is 7.66. The molecule has 36 heavy (non-hydrogen) atoms. The Morgan fingerprint density at radius 2 is 1.50 bits per heavy atom. The van der Waals surface area contributed by atoms with E-state index in [2.05, 4.69) is 89.2 Å². The van der Waals surface area contributed by atoms with Crippen LogP contribution in [0.4, 0.5) is 0 Å². The zero-order valence-corrected chi connectivity index (χ0v) is 23.8. The molecule has 0 radical (unpaired) electrons. The van der Waals surface area contributed by atoms with Crippen molar-refractivity contribution in [2.75, 3.05) is 52.4 Å². The first-order chi connectivity index (χ1) is 17.4. The van der Waals surface area contributed by atoms with E-state index in [1.807, 2.05) is 11.0 Å². The highest BCUT2D eigenvalue weighted by molar-refractivity contribution is 9.10. The quantitative estimate of drug-likeness (QED) is 0.390. The number of amides is 1. The lowest BCUT2D eigenvalue weighted by molar-refractivity contribution is -0.139. The van der Waals surface area contributed by atoms with Crippen molar-refractivity contribution in [2.24, 2.45) is 5.92 Å². The van der Waals surface area contributed by atoms with Gasteiger partial charge in [0.2, 0.25) is 5.91 Å². The molecule has 1 aromatic heterocycles. The average molecular weight is 618 g/mol. The van der Waals surface area contributed by atoms with Gasteiger partial charge in [-0.25, -0.2) is 0 Å². The maximum absolute atomic E-state index is 13.1. The molecule has 3 heterocycles. The molecule has 1 amide bonds. The molecule has 0 spiro atoms. The van der Waals surface area contributed by atoms with Gasteiger partial charge >= 0.3 is 0 Å². The Balaban J connectivity index is 1.18. The molecular weight excluding hydrogens is 584 g/mol. The number of hydrogen-bond donors (Lipinski definition) is 1. The number of fused-ring (bicyclic) bond motifs is 3. The third kappa shape index (κ3) is 5.58. The van der Waals surface area contributed by atoms with Crippen LogP contribution in [-0.2, 0) is 11.3 Å². The molecule has 0 aliphatic carbocycles. The highest BCUT2D eigenvalue weighted by Gasteiger charge is 2.30. The van der Waals surface area contributed by atoms with Gasteiger partial charge in [-0.2, -0.15) is 0 Å². The van der Waals surface area contributed by atoms with Gasteiger partial charge in [0.05, 0.1) is 12.6 Å². The van der Waals surface area contributed by atoms with Crippen LogP contribution in [0.3, 0.4) is 0 Å². The van der Waals surface area contributed by atoms with Gasteiger partial charge in [0, 0.05) is 75.9 Å². The molecule has 0 bridgehead atoms. The van der Waals surface area contributed by atoms with Gasteiger partial charge in [-0.15, -0.1) is 6.58 Å². The van der Waals surface area contributed by atoms with Gasteiger partial charge in [0.1, 0.15) is 0 Å². The predicted molar refractivity (Wildman–Crippen MR) is 153 cm³/mol. The molecule has 6 nitrogen and oxygen atoms in total. The molecule has 2 aliphatic rings. The monoisotopic (exact) mass is 616 g/mol. The summed E-state index contributed by atoms with van der Waals surface area (Å²) >= 11 is 7.20. The number of hydrogen-bond acceptors (Lipinski definition) is 4. The van der Waals surface area contributed by atoms with Gasteiger partial charge in [-0.1, -0.05) is 37.9 Å². The van der Waals surface area contributed by atoms with Crippen LogP contribution in [-0.4, -0.2) is 88.7 Å². The summed E-state index contributed by atoms with van der Waals surface area (Å²) in [6, 6.07) is 12.6. The molecule has 3 aromatic rings. The fourth-order valence-corrected chi connectivity index (χ4v) is 6.49. The molecule has 2 saturated heterocycles. The summed E-state index contributed by atoms with van der Waals surface area (Å²) in [4.78, 5) is 19.8. The van der Waals surface area contributed by atoms with Crippen LogP contribution < -0.4 is 0 Å². The number of aliphatic hydroxyl groups is 1. The second-order valence-corrected chi connectivity index (χ2v) is 11.9. The van der Waals surface area contributed by atoms with E-state index in [1.165, 1.54) is 10.8 Å². The molecule has 0 saturated carbocycles. The number of β-amino-alcohol motifs (C(OH)–C–C–N with tert-alkyl or cyclic N) is 1. The van der Waals surface area contributed by atoms with Crippen LogP contribution in [0, 0.1) is 5.92 Å². The van der Waals surface area contributed by atoms with Gasteiger partial charge in [-0.05, 0) is 62.3 Å². The maximum atomic E-state index is 13.1. The maximum Gasteiger partial charge on any atom is 0.225 e. The molecule has 1 N–H and O–H groups in total. The van der Waals surface area contributed by atoms with E-state index in [0.29, 0.717) is 19.0 Å². The molecule has 2 fully saturated rings. The van der Waals surface area contributed by atoms with E-state index < -0.39 is 6.10 Å². The van der Waals surface area contributed by atoms with E-state index >= 15 is 0 Å². The van der Waals surface area contributed by atoms with E-state index in [0.717, 1.165) is 78.6 Å². The van der Waals surface area contributed by atoms with E-state index in [9.17, 15) is 9.90 Å². The summed E-state index contributed by atoms with van der Waals surface area (Å²) in [5.41, 5.74) is 2.25. The minimum atomic E-state index is -0.493. The fourth-order valence-electron chi connectivity index (χ4n) is 5.77. The minimum Gasteiger partial charge on any atom is -0.390 e. The van der Waals surface area contributed by atoms with Crippen LogP contribution in [0.1, 0.15) is 12.8 Å². The Hall–Kier alpha value is -1.71. The highest BCUT2D eigenvalue weighted by atomic mass is 79.9. The topological polar surface area (TPSA) is 52.0 Å². The number of halogens is 2. The van der Waals surface area contributed by atoms with Crippen molar-refractivity contribution in [1.29, 1.82) is 0 Å². The molecule has 5 rings (SSSR count). The Bertz CT molecular complexity index is 1180. The lowest BCUT2D eigenvalue weighted by Crippen LogP contribution is -2.53. The zero-order valence-electron chi connectivity index (χ0n) is 20.6. The molecule has 2 aromatic carbocycles. The molecule has 1 atom stereocenters. The summed E-state index contributed by atoms with van der Waals surface area (Å²) in [5.74, 6) is 0.467. The average Bonchev–Trinajstić information content (AvgIpc) is 3.16. The summed E-state index contributed by atoms with van der Waals surface area (Å²) in [6.45, 7) is 10.9. The number of nitrogens with zero attached hydrogens (tertiary/aromatic N) is 4. The lowest BCUT2D eigenvalue weighted by Gasteiger charge is -2.39. The van der Waals surface area contributed by atoms with Crippen LogP contribution in [0.15, 0.2) is 58.0 Å². The Kier molecular flexibility index (Phi) is 8.17. The zero-order chi connectivity index (χ0) is 25.2. The van der Waals surface area contributed by atoms with Crippen LogP contribution in [0.25, 0.3) is 21.8 Å². The molecule has 8 heteroatoms. The smallest absolute Gasteiger partial charge is 0.225 e. The second kappa shape index (κ2) is 11.4. The van der Waals surface area contributed by atoms with E-state index in [4.69, 9.17) is 0 Å². The van der Waals surface area contributed by atoms with E-state index in [1.54, 1.807) is 0 Å². The first-order valence-corrected chi connectivity index (χ1v) is 14.4. The summed E-state index contributed by atoms with van der Waals surface area (Å²) in [5, 5.41) is 13.4. The Morgan fingerprint density at radius 1 is 0.917 bits per heavy atom. The standard InChI is InChI=1S/C28H34Br2N4O2/c1-2-9-31-10-7-20(8-11-31)28(36)33-14-12-32(13-15-33)18-23(35)19-34-26-5-3-21(29)16-24(26)25-17-22(30)4-6-27(25)34/h2-6,16-17,20,23,35H,1,7-15,18-19H2. The van der Waals surface area contributed by atoms with Crippen molar-refractivity contribution in [3.8, 4) is 0 Å². The summed E-state index contributed by atoms with van der Waals surface area (Å²) < 4.78 is 4.32. The Labute approximate surface area is 229 Å². The van der Waals surface area contributed by atoms with Crippen molar-refractivity contribution in [2.45, 2.75) is 25.5 Å². The number of carbonyl (C=O) groups excluding carboxylic acids is 1. The first kappa shape index (κ1) is 25.9. The van der Waals surface area contributed by atoms with Crippen LogP contribution in [0.2, 0.25) is 0 Å². The fraction of sp³-hybridized carbons (Fsp3) is 0.464. The number of likely N-dealkylation sites (tertiary alicyclic amines) is 1. The van der Waals surface area contributed by atoms with Gasteiger partial charge in [0.15, 0.2) is 0 Å². The van der Waals surface area contributed by atoms with Crippen molar-refractivity contribution in [3.05, 3.63) is 58.0 Å². The lowest BCUT2D eigenvalue weighted by atomic mass is 9.95. The van der Waals surface area contributed by atoms with Crippen molar-refractivity contribution < 1.29 is 9.90 Å². The van der Waals surface area contributed by atoms with Crippen LogP contribution in [0.5, 0.6) is 0 Å². The molecule has 1 unspecified atom stereocenters. The predicted octanol–water partition coefficient (Wildman–Crippen LogP) is 4.72. The molecule has 2 aliphatic heterocycles. The van der Waals surface area contributed by atoms with Gasteiger partial charge < -0.3 is 14.6 Å². The van der Waals surface area contributed by atoms with Crippen molar-refractivity contribution >= 4 is 59.6 Å². The number of aliphatic hydroxyl groups excluding tert-OH is 1. The molecular formula is C28H34Br2N4O2. The first-order valence-electron chi connectivity index (χ1n) is 12.8. The highest BCUT2D eigenvalue weighted by Crippen LogP contribution is 2.33. The second-order valence-electron chi connectivity index (χ2n) is 10.1. The Morgan fingerprint density at radius 3 is 2.06 bits per heavy atom. The number of piperidine rings is 1. The van der Waals surface area contributed by atoms with Crippen molar-refractivity contribution in [1.82, 2.24) is 19.3 Å². The van der Waals surface area contributed by atoms with Gasteiger partial charge in [0.25, 0.3) is 0 Å². The largest absolute Gasteiger partial charge is 0.390 e. The van der Waals surface area contributed by atoms with Crippen molar-refractivity contribution in [3.63, 3.8) is 0 Å².